The summed E-state index contributed by atoms with van der Waals surface area (Å²) in [7, 11) is 0. The van der Waals surface area contributed by atoms with Crippen LogP contribution in [0.25, 0.3) is 0 Å². The van der Waals surface area contributed by atoms with Gasteiger partial charge >= 0.3 is 5.97 Å². The molecule has 0 spiro atoms. The van der Waals surface area contributed by atoms with Crippen LogP contribution in [0, 0.1) is 0 Å². The number of aliphatic carboxylic acids is 1. The van der Waals surface area contributed by atoms with E-state index in [0.29, 0.717) is 5.92 Å². The number of nitrogens with one attached hydrogen (secondary N) is 2. The number of benzene rings is 2. The van der Waals surface area contributed by atoms with Crippen molar-refractivity contribution in [1.29, 1.82) is 0 Å². The van der Waals surface area contributed by atoms with Gasteiger partial charge in [-0.15, -0.1) is 0 Å². The lowest BCUT2D eigenvalue weighted by atomic mass is 9.95. The van der Waals surface area contributed by atoms with Crippen LogP contribution in [-0.4, -0.2) is 23.5 Å². The van der Waals surface area contributed by atoms with Crippen molar-refractivity contribution >= 4 is 23.3 Å². The van der Waals surface area contributed by atoms with Gasteiger partial charge in [-0.05, 0) is 47.2 Å². The summed E-state index contributed by atoms with van der Waals surface area (Å²) >= 11 is 0. The molecule has 0 aliphatic rings. The van der Waals surface area contributed by atoms with E-state index in [0.717, 1.165) is 28.9 Å². The van der Waals surface area contributed by atoms with Crippen LogP contribution in [0.5, 0.6) is 0 Å². The Bertz CT molecular complexity index is 752. The second-order valence-corrected chi connectivity index (χ2v) is 6.38. The molecule has 5 heteroatoms. The van der Waals surface area contributed by atoms with E-state index < -0.39 is 5.97 Å². The van der Waals surface area contributed by atoms with Gasteiger partial charge in [-0.2, -0.15) is 0 Å². The molecule has 2 aromatic carbocycles. The Hall–Kier alpha value is -2.82. The summed E-state index contributed by atoms with van der Waals surface area (Å²) in [4.78, 5) is 21.9. The minimum atomic E-state index is -0.885. The molecule has 3 N–H and O–H groups in total. The number of carboxylic acid groups (broad SMARTS) is 1. The van der Waals surface area contributed by atoms with Gasteiger partial charge in [0.15, 0.2) is 0 Å². The average molecular weight is 340 g/mol. The highest BCUT2D eigenvalue weighted by atomic mass is 16.4. The maximum Gasteiger partial charge on any atom is 0.322 e. The summed E-state index contributed by atoms with van der Waals surface area (Å²) in [6, 6.07) is 13.8. The Morgan fingerprint density at radius 3 is 2.24 bits per heavy atom. The lowest BCUT2D eigenvalue weighted by Gasteiger charge is -2.15. The summed E-state index contributed by atoms with van der Waals surface area (Å²) in [5.41, 5.74) is 5.08. The van der Waals surface area contributed by atoms with E-state index in [9.17, 15) is 9.59 Å². The summed E-state index contributed by atoms with van der Waals surface area (Å²) in [6.45, 7) is 5.63. The quantitative estimate of drug-likeness (QED) is 0.715. The van der Waals surface area contributed by atoms with E-state index in [1.165, 1.54) is 12.5 Å². The first-order valence-electron chi connectivity index (χ1n) is 8.30. The molecule has 25 heavy (non-hydrogen) atoms. The molecule has 0 aliphatic carbocycles. The Kier molecular flexibility index (Phi) is 6.17. The van der Waals surface area contributed by atoms with Gasteiger partial charge in [0, 0.05) is 18.3 Å². The van der Waals surface area contributed by atoms with E-state index in [1.54, 1.807) is 0 Å². The van der Waals surface area contributed by atoms with Gasteiger partial charge in [-0.25, -0.2) is 0 Å². The average Bonchev–Trinajstić information content (AvgIpc) is 2.55. The molecule has 2 aromatic rings. The molecule has 0 aliphatic heterocycles. The van der Waals surface area contributed by atoms with Gasteiger partial charge in [0.1, 0.15) is 6.54 Å². The fraction of sp³-hybridized carbons (Fsp3) is 0.300. The van der Waals surface area contributed by atoms with E-state index in [4.69, 9.17) is 5.11 Å². The molecule has 0 saturated carbocycles. The second-order valence-electron chi connectivity index (χ2n) is 6.38. The topological polar surface area (TPSA) is 78.4 Å². The Morgan fingerprint density at radius 2 is 1.68 bits per heavy atom. The normalized spacial score (nSPS) is 10.6. The molecule has 0 unspecified atom stereocenters. The van der Waals surface area contributed by atoms with Crippen molar-refractivity contribution in [2.75, 3.05) is 17.2 Å². The third-order valence-electron chi connectivity index (χ3n) is 3.85. The first kappa shape index (κ1) is 18.5. The minimum absolute atomic E-state index is 0.0703. The van der Waals surface area contributed by atoms with Crippen LogP contribution in [0.4, 0.5) is 11.4 Å². The number of rotatable bonds is 7. The van der Waals surface area contributed by atoms with Crippen LogP contribution in [0.1, 0.15) is 43.4 Å². The Balaban J connectivity index is 2.12. The predicted molar refractivity (Wildman–Crippen MR) is 100 cm³/mol. The summed E-state index contributed by atoms with van der Waals surface area (Å²) in [6.07, 6.45) is 0.777. The van der Waals surface area contributed by atoms with Gasteiger partial charge in [-0.1, -0.05) is 38.1 Å². The smallest absolute Gasteiger partial charge is 0.322 e. The van der Waals surface area contributed by atoms with Gasteiger partial charge < -0.3 is 15.7 Å². The van der Waals surface area contributed by atoms with Crippen LogP contribution in [0.3, 0.4) is 0 Å². The first-order chi connectivity index (χ1) is 11.8. The zero-order chi connectivity index (χ0) is 18.4. The molecule has 0 fully saturated rings. The molecule has 0 saturated heterocycles. The van der Waals surface area contributed by atoms with E-state index in [1.807, 2.05) is 36.4 Å². The first-order valence-corrected chi connectivity index (χ1v) is 8.30. The van der Waals surface area contributed by atoms with E-state index >= 15 is 0 Å². The number of carboxylic acids is 1. The maximum absolute atomic E-state index is 11.3. The van der Waals surface area contributed by atoms with Crippen molar-refractivity contribution in [3.05, 3.63) is 59.2 Å². The lowest BCUT2D eigenvalue weighted by molar-refractivity contribution is -0.135. The number of hydrogen-bond donors (Lipinski definition) is 3. The number of anilines is 2. The zero-order valence-corrected chi connectivity index (χ0v) is 14.8. The predicted octanol–water partition coefficient (Wildman–Crippen LogP) is 3.86. The lowest BCUT2D eigenvalue weighted by Crippen LogP contribution is -2.12. The highest BCUT2D eigenvalue weighted by Gasteiger charge is 2.09. The van der Waals surface area contributed by atoms with Crippen LogP contribution in [0.2, 0.25) is 0 Å². The molecular weight excluding hydrogens is 316 g/mol. The molecule has 0 radical (unpaired) electrons. The van der Waals surface area contributed by atoms with E-state index in [2.05, 4.69) is 30.5 Å². The molecule has 0 bridgehead atoms. The second kappa shape index (κ2) is 8.33. The molecule has 2 rings (SSSR count). The molecule has 132 valence electrons. The van der Waals surface area contributed by atoms with Crippen molar-refractivity contribution in [2.45, 2.75) is 33.1 Å². The van der Waals surface area contributed by atoms with Crippen molar-refractivity contribution in [1.82, 2.24) is 0 Å². The molecule has 0 aromatic heterocycles. The highest BCUT2D eigenvalue weighted by Crippen LogP contribution is 2.26. The van der Waals surface area contributed by atoms with Crippen molar-refractivity contribution in [3.8, 4) is 0 Å². The highest BCUT2D eigenvalue weighted by molar-refractivity contribution is 5.89. The maximum atomic E-state index is 11.3. The Labute approximate surface area is 148 Å². The molecule has 0 atom stereocenters. The third kappa shape index (κ3) is 5.64. The van der Waals surface area contributed by atoms with Crippen LogP contribution >= 0.6 is 0 Å². The fourth-order valence-corrected chi connectivity index (χ4v) is 2.66. The van der Waals surface area contributed by atoms with Crippen molar-refractivity contribution in [2.24, 2.45) is 0 Å². The monoisotopic (exact) mass is 340 g/mol. The third-order valence-corrected chi connectivity index (χ3v) is 3.85. The number of amides is 1. The largest absolute Gasteiger partial charge is 0.480 e. The molecule has 5 nitrogen and oxygen atoms in total. The standard InChI is InChI=1S/C20H24N2O3/c1-13(2)18-11-16(6-9-19(18)22-14(3)23)10-15-4-7-17(8-5-15)21-12-20(24)25/h4-9,11,13,21H,10,12H2,1-3H3,(H,22,23)(H,24,25). The number of hydrogen-bond acceptors (Lipinski definition) is 3. The number of carbonyl (C=O) groups excluding carboxylic acids is 1. The minimum Gasteiger partial charge on any atom is -0.480 e. The molecule has 1 amide bonds. The van der Waals surface area contributed by atoms with Gasteiger partial charge in [0.25, 0.3) is 0 Å². The number of carbonyl (C=O) groups is 2. The van der Waals surface area contributed by atoms with Crippen LogP contribution in [-0.2, 0) is 16.0 Å². The van der Waals surface area contributed by atoms with Gasteiger partial charge in [0.05, 0.1) is 0 Å². The fourth-order valence-electron chi connectivity index (χ4n) is 2.66. The summed E-state index contributed by atoms with van der Waals surface area (Å²) in [5, 5.41) is 14.4. The Morgan fingerprint density at radius 1 is 1.04 bits per heavy atom. The van der Waals surface area contributed by atoms with E-state index in [-0.39, 0.29) is 12.5 Å². The SMILES string of the molecule is CC(=O)Nc1ccc(Cc2ccc(NCC(=O)O)cc2)cc1C(C)C. The van der Waals surface area contributed by atoms with Gasteiger partial charge in [0.2, 0.25) is 5.91 Å². The zero-order valence-electron chi connectivity index (χ0n) is 14.8. The van der Waals surface area contributed by atoms with Crippen LogP contribution < -0.4 is 10.6 Å². The molecular formula is C20H24N2O3. The van der Waals surface area contributed by atoms with Crippen LogP contribution in [0.15, 0.2) is 42.5 Å². The van der Waals surface area contributed by atoms with Gasteiger partial charge in [-0.3, -0.25) is 9.59 Å². The molecule has 0 heterocycles. The van der Waals surface area contributed by atoms with Crippen molar-refractivity contribution < 1.29 is 14.7 Å². The summed E-state index contributed by atoms with van der Waals surface area (Å²) in [5.74, 6) is -0.645. The van der Waals surface area contributed by atoms with Crippen molar-refractivity contribution in [3.63, 3.8) is 0 Å². The summed E-state index contributed by atoms with van der Waals surface area (Å²) < 4.78 is 0.